The second kappa shape index (κ2) is 7.34. The molecule has 0 spiro atoms. The van der Waals surface area contributed by atoms with E-state index in [1.54, 1.807) is 24.3 Å². The van der Waals surface area contributed by atoms with Gasteiger partial charge in [-0.3, -0.25) is 4.79 Å². The molecule has 0 atom stereocenters. The minimum atomic E-state index is -0.535. The normalized spacial score (nSPS) is 10.8. The first-order chi connectivity index (χ1) is 11.5. The Morgan fingerprint density at radius 2 is 2.04 bits per heavy atom. The van der Waals surface area contributed by atoms with Crippen molar-refractivity contribution in [3.8, 4) is 17.6 Å². The summed E-state index contributed by atoms with van der Waals surface area (Å²) in [6, 6.07) is 12.3. The van der Waals surface area contributed by atoms with Gasteiger partial charge in [-0.25, -0.2) is 0 Å². The number of methoxy groups -OCH3 is 1. The van der Waals surface area contributed by atoms with Gasteiger partial charge in [-0.1, -0.05) is 29.8 Å². The molecule has 0 saturated carbocycles. The maximum Gasteiger partial charge on any atom is 0.266 e. The van der Waals surface area contributed by atoms with Crippen LogP contribution < -0.4 is 10.1 Å². The van der Waals surface area contributed by atoms with E-state index in [2.05, 4.69) is 5.32 Å². The van der Waals surface area contributed by atoms with Gasteiger partial charge in [0.05, 0.1) is 7.11 Å². The first kappa shape index (κ1) is 17.1. The Morgan fingerprint density at radius 3 is 2.67 bits per heavy atom. The van der Waals surface area contributed by atoms with Gasteiger partial charge in [-0.2, -0.15) is 5.26 Å². The number of carbonyl (C=O) groups is 1. The van der Waals surface area contributed by atoms with E-state index in [1.165, 1.54) is 13.2 Å². The molecule has 0 aliphatic carbocycles. The fraction of sp³-hybridized carbons (Fsp3) is 0.158. The third-order valence-electron chi connectivity index (χ3n) is 3.55. The number of rotatable bonds is 4. The fourth-order valence-electron chi connectivity index (χ4n) is 2.27. The van der Waals surface area contributed by atoms with Crippen molar-refractivity contribution in [3.63, 3.8) is 0 Å². The molecule has 0 bridgehead atoms. The Hall–Kier alpha value is -3.26. The highest BCUT2D eigenvalue weighted by molar-refractivity contribution is 6.10. The Balaban J connectivity index is 2.31. The molecule has 5 nitrogen and oxygen atoms in total. The molecule has 0 aromatic heterocycles. The largest absolute Gasteiger partial charge is 0.504 e. The molecule has 122 valence electrons. The summed E-state index contributed by atoms with van der Waals surface area (Å²) in [5, 5.41) is 22.1. The van der Waals surface area contributed by atoms with Gasteiger partial charge in [0.1, 0.15) is 11.6 Å². The Morgan fingerprint density at radius 1 is 1.29 bits per heavy atom. The number of nitriles is 1. The number of aryl methyl sites for hydroxylation is 2. The van der Waals surface area contributed by atoms with Crippen LogP contribution in [0.4, 0.5) is 5.69 Å². The Bertz CT molecular complexity index is 848. The van der Waals surface area contributed by atoms with Gasteiger partial charge in [0.2, 0.25) is 0 Å². The van der Waals surface area contributed by atoms with Crippen LogP contribution in [0.5, 0.6) is 11.5 Å². The Kier molecular flexibility index (Phi) is 5.23. The van der Waals surface area contributed by atoms with Gasteiger partial charge in [-0.15, -0.1) is 0 Å². The molecule has 0 aliphatic rings. The van der Waals surface area contributed by atoms with Crippen LogP contribution >= 0.6 is 0 Å². The third kappa shape index (κ3) is 3.73. The SMILES string of the molecule is COc1cccc(C=C(C#N)C(=O)Nc2ccc(C)cc2C)c1O. The van der Waals surface area contributed by atoms with E-state index in [1.807, 2.05) is 32.0 Å². The summed E-state index contributed by atoms with van der Waals surface area (Å²) < 4.78 is 5.02. The minimum Gasteiger partial charge on any atom is -0.504 e. The summed E-state index contributed by atoms with van der Waals surface area (Å²) >= 11 is 0. The van der Waals surface area contributed by atoms with E-state index in [-0.39, 0.29) is 17.1 Å². The molecule has 2 N–H and O–H groups in total. The predicted octanol–water partition coefficient (Wildman–Crippen LogP) is 3.56. The van der Waals surface area contributed by atoms with Gasteiger partial charge in [0, 0.05) is 11.3 Å². The standard InChI is InChI=1S/C19H18N2O3/c1-12-7-8-16(13(2)9-12)21-19(23)15(11-20)10-14-5-4-6-17(24-3)18(14)22/h4-10,22H,1-3H3,(H,21,23). The molecule has 2 aromatic carbocycles. The number of para-hydroxylation sites is 1. The van der Waals surface area contributed by atoms with Crippen molar-refractivity contribution < 1.29 is 14.6 Å². The van der Waals surface area contributed by atoms with Crippen LogP contribution in [0.2, 0.25) is 0 Å². The molecule has 0 radical (unpaired) electrons. The predicted molar refractivity (Wildman–Crippen MR) is 92.8 cm³/mol. The lowest BCUT2D eigenvalue weighted by molar-refractivity contribution is -0.112. The maximum absolute atomic E-state index is 12.3. The number of carbonyl (C=O) groups excluding carboxylic acids is 1. The van der Waals surface area contributed by atoms with Crippen molar-refractivity contribution in [3.05, 3.63) is 58.7 Å². The number of anilines is 1. The molecule has 0 aliphatic heterocycles. The first-order valence-electron chi connectivity index (χ1n) is 7.32. The fourth-order valence-corrected chi connectivity index (χ4v) is 2.27. The van der Waals surface area contributed by atoms with Crippen LogP contribution in [-0.2, 0) is 4.79 Å². The van der Waals surface area contributed by atoms with E-state index < -0.39 is 5.91 Å². The summed E-state index contributed by atoms with van der Waals surface area (Å²) in [5.74, 6) is -0.380. The lowest BCUT2D eigenvalue weighted by atomic mass is 10.1. The van der Waals surface area contributed by atoms with E-state index in [0.29, 0.717) is 11.3 Å². The number of hydrogen-bond donors (Lipinski definition) is 2. The number of phenols is 1. The maximum atomic E-state index is 12.3. The zero-order chi connectivity index (χ0) is 17.7. The van der Waals surface area contributed by atoms with Crippen LogP contribution in [0.1, 0.15) is 16.7 Å². The van der Waals surface area contributed by atoms with Crippen LogP contribution in [0.15, 0.2) is 42.0 Å². The highest BCUT2D eigenvalue weighted by Gasteiger charge is 2.13. The van der Waals surface area contributed by atoms with Crippen molar-refractivity contribution in [2.75, 3.05) is 12.4 Å². The van der Waals surface area contributed by atoms with Crippen molar-refractivity contribution in [1.29, 1.82) is 5.26 Å². The van der Waals surface area contributed by atoms with E-state index in [0.717, 1.165) is 11.1 Å². The Labute approximate surface area is 140 Å². The van der Waals surface area contributed by atoms with Gasteiger partial charge in [0.15, 0.2) is 11.5 Å². The number of hydrogen-bond acceptors (Lipinski definition) is 4. The summed E-state index contributed by atoms with van der Waals surface area (Å²) in [4.78, 5) is 12.3. The molecule has 0 heterocycles. The van der Waals surface area contributed by atoms with Crippen LogP contribution in [0, 0.1) is 25.2 Å². The molecule has 24 heavy (non-hydrogen) atoms. The average Bonchev–Trinajstić information content (AvgIpc) is 2.56. The van der Waals surface area contributed by atoms with E-state index in [9.17, 15) is 15.2 Å². The molecule has 2 aromatic rings. The number of nitrogens with zero attached hydrogens (tertiary/aromatic N) is 1. The summed E-state index contributed by atoms with van der Waals surface area (Å²) in [6.07, 6.45) is 1.33. The molecule has 5 heteroatoms. The number of nitrogens with one attached hydrogen (secondary N) is 1. The quantitative estimate of drug-likeness (QED) is 0.666. The van der Waals surface area contributed by atoms with Gasteiger partial charge in [-0.05, 0) is 37.6 Å². The molecule has 1 amide bonds. The summed E-state index contributed by atoms with van der Waals surface area (Å²) in [7, 11) is 1.43. The number of ether oxygens (including phenoxy) is 1. The highest BCUT2D eigenvalue weighted by Crippen LogP contribution is 2.31. The lowest BCUT2D eigenvalue weighted by Crippen LogP contribution is -2.14. The van der Waals surface area contributed by atoms with Crippen molar-refractivity contribution >= 4 is 17.7 Å². The van der Waals surface area contributed by atoms with Crippen molar-refractivity contribution in [2.45, 2.75) is 13.8 Å². The second-order valence-electron chi connectivity index (χ2n) is 5.34. The van der Waals surface area contributed by atoms with Gasteiger partial charge < -0.3 is 15.2 Å². The number of phenolic OH excluding ortho intramolecular Hbond substituents is 1. The summed E-state index contributed by atoms with van der Waals surface area (Å²) in [6.45, 7) is 3.84. The first-order valence-corrected chi connectivity index (χ1v) is 7.32. The lowest BCUT2D eigenvalue weighted by Gasteiger charge is -2.09. The van der Waals surface area contributed by atoms with Crippen LogP contribution in [0.3, 0.4) is 0 Å². The average molecular weight is 322 g/mol. The van der Waals surface area contributed by atoms with E-state index in [4.69, 9.17) is 4.74 Å². The molecule has 0 unspecified atom stereocenters. The smallest absolute Gasteiger partial charge is 0.266 e. The van der Waals surface area contributed by atoms with Crippen LogP contribution in [-0.4, -0.2) is 18.1 Å². The molecule has 2 rings (SSSR count). The molecule has 0 saturated heterocycles. The second-order valence-corrected chi connectivity index (χ2v) is 5.34. The van der Waals surface area contributed by atoms with Gasteiger partial charge in [0.25, 0.3) is 5.91 Å². The number of aromatic hydroxyl groups is 1. The number of amides is 1. The monoisotopic (exact) mass is 322 g/mol. The summed E-state index contributed by atoms with van der Waals surface area (Å²) in [5.41, 5.74) is 2.86. The zero-order valence-electron chi connectivity index (χ0n) is 13.8. The van der Waals surface area contributed by atoms with Crippen LogP contribution in [0.25, 0.3) is 6.08 Å². The zero-order valence-corrected chi connectivity index (χ0v) is 13.8. The molecular formula is C19H18N2O3. The minimum absolute atomic E-state index is 0.112. The topological polar surface area (TPSA) is 82.3 Å². The van der Waals surface area contributed by atoms with Crippen molar-refractivity contribution in [1.82, 2.24) is 0 Å². The van der Waals surface area contributed by atoms with Gasteiger partial charge >= 0.3 is 0 Å². The highest BCUT2D eigenvalue weighted by atomic mass is 16.5. The van der Waals surface area contributed by atoms with Crippen molar-refractivity contribution in [2.24, 2.45) is 0 Å². The molecule has 0 fully saturated rings. The molecular weight excluding hydrogens is 304 g/mol. The third-order valence-corrected chi connectivity index (χ3v) is 3.55. The number of benzene rings is 2. The van der Waals surface area contributed by atoms with E-state index >= 15 is 0 Å².